The summed E-state index contributed by atoms with van der Waals surface area (Å²) >= 11 is 0. The molecule has 170 valence electrons. The van der Waals surface area contributed by atoms with Crippen LogP contribution in [0.5, 0.6) is 0 Å². The van der Waals surface area contributed by atoms with Gasteiger partial charge in [-0.1, -0.05) is 0 Å². The molecule has 3 aliphatic rings. The Morgan fingerprint density at radius 2 is 1.27 bits per heavy atom. The molecule has 2 fully saturated rings. The van der Waals surface area contributed by atoms with Crippen LogP contribution in [0.2, 0.25) is 0 Å². The molecule has 0 unspecified atom stereocenters. The maximum Gasteiger partial charge on any atom is 0.262 e. The Balaban J connectivity index is 1.67. The summed E-state index contributed by atoms with van der Waals surface area (Å²) in [7, 11) is 0. The van der Waals surface area contributed by atoms with Crippen LogP contribution in [0, 0.1) is 0 Å². The van der Waals surface area contributed by atoms with Gasteiger partial charge in [-0.25, -0.2) is 0 Å². The highest BCUT2D eigenvalue weighted by Crippen LogP contribution is 2.26. The van der Waals surface area contributed by atoms with E-state index in [2.05, 4.69) is 5.32 Å². The number of nitrogens with zero attached hydrogens (tertiary/aromatic N) is 3. The fraction of sp³-hybridized carbons (Fsp3) is 0.348. The van der Waals surface area contributed by atoms with Crippen molar-refractivity contribution in [3.8, 4) is 5.69 Å². The zero-order valence-electron chi connectivity index (χ0n) is 17.9. The smallest absolute Gasteiger partial charge is 0.262 e. The van der Waals surface area contributed by atoms with E-state index in [1.807, 2.05) is 0 Å². The zero-order chi connectivity index (χ0) is 23.3. The van der Waals surface area contributed by atoms with E-state index >= 15 is 0 Å². The van der Waals surface area contributed by atoms with Gasteiger partial charge in [0.05, 0.1) is 16.8 Å². The largest absolute Gasteiger partial charge is 0.384 e. The first-order chi connectivity index (χ1) is 15.8. The van der Waals surface area contributed by atoms with Gasteiger partial charge in [-0.15, -0.1) is 0 Å². The van der Waals surface area contributed by atoms with Gasteiger partial charge in [0.1, 0.15) is 5.82 Å². The Bertz CT molecular complexity index is 1220. The molecule has 2 saturated heterocycles. The maximum atomic E-state index is 13.2. The fourth-order valence-electron chi connectivity index (χ4n) is 4.74. The standard InChI is InChI=1S/C23H23N5O5/c24-19-18-16(20(30)25-21(18)31)12-17(29)28(19)15-10-13(22(32)26-5-1-2-6-26)9-14(11-15)23(33)27-7-3-4-8-27/h9-12H,1-8,24H2,(H,25,30,31). The molecule has 1 aromatic heterocycles. The van der Waals surface area contributed by atoms with Crippen molar-refractivity contribution in [2.75, 3.05) is 31.9 Å². The Morgan fingerprint density at radius 1 is 0.758 bits per heavy atom. The molecule has 2 aromatic rings. The Labute approximate surface area is 188 Å². The molecular weight excluding hydrogens is 426 g/mol. The molecule has 0 bridgehead atoms. The summed E-state index contributed by atoms with van der Waals surface area (Å²) in [6.45, 7) is 2.51. The van der Waals surface area contributed by atoms with Crippen LogP contribution in [-0.2, 0) is 0 Å². The summed E-state index contributed by atoms with van der Waals surface area (Å²) in [5.41, 5.74) is 6.09. The number of likely N-dealkylation sites (tertiary alicyclic amines) is 2. The zero-order valence-corrected chi connectivity index (χ0v) is 17.9. The van der Waals surface area contributed by atoms with E-state index in [0.29, 0.717) is 26.2 Å². The van der Waals surface area contributed by atoms with Crippen LogP contribution in [-0.4, -0.2) is 64.2 Å². The highest BCUT2D eigenvalue weighted by atomic mass is 16.2. The molecular formula is C23H23N5O5. The molecule has 0 saturated carbocycles. The third-order valence-corrected chi connectivity index (χ3v) is 6.41. The number of aromatic nitrogens is 1. The molecule has 10 heteroatoms. The number of benzene rings is 1. The number of fused-ring (bicyclic) bond motifs is 1. The maximum absolute atomic E-state index is 13.2. The predicted molar refractivity (Wildman–Crippen MR) is 119 cm³/mol. The van der Waals surface area contributed by atoms with Gasteiger partial charge >= 0.3 is 0 Å². The van der Waals surface area contributed by atoms with Gasteiger partial charge in [-0.05, 0) is 43.9 Å². The molecule has 5 rings (SSSR count). The quantitative estimate of drug-likeness (QED) is 0.665. The van der Waals surface area contributed by atoms with Crippen LogP contribution in [0.15, 0.2) is 29.1 Å². The van der Waals surface area contributed by atoms with E-state index in [4.69, 9.17) is 5.73 Å². The van der Waals surface area contributed by atoms with Crippen LogP contribution >= 0.6 is 0 Å². The number of nitrogens with one attached hydrogen (secondary N) is 1. The van der Waals surface area contributed by atoms with Gasteiger partial charge in [-0.3, -0.25) is 33.9 Å². The third kappa shape index (κ3) is 3.47. The highest BCUT2D eigenvalue weighted by molar-refractivity contribution is 6.23. The summed E-state index contributed by atoms with van der Waals surface area (Å²) < 4.78 is 1.07. The van der Waals surface area contributed by atoms with Gasteiger partial charge in [-0.2, -0.15) is 0 Å². The number of amides is 4. The lowest BCUT2D eigenvalue weighted by Crippen LogP contribution is -2.31. The Hall–Kier alpha value is -3.95. The van der Waals surface area contributed by atoms with Gasteiger partial charge in [0, 0.05) is 43.4 Å². The Kier molecular flexibility index (Phi) is 4.99. The van der Waals surface area contributed by atoms with Crippen LogP contribution in [0.1, 0.15) is 67.1 Å². The molecule has 1 aromatic carbocycles. The molecule has 33 heavy (non-hydrogen) atoms. The number of hydrogen-bond donors (Lipinski definition) is 2. The van der Waals surface area contributed by atoms with Crippen LogP contribution in [0.3, 0.4) is 0 Å². The van der Waals surface area contributed by atoms with Crippen LogP contribution in [0.4, 0.5) is 5.82 Å². The summed E-state index contributed by atoms with van der Waals surface area (Å²) in [6.07, 6.45) is 3.63. The lowest BCUT2D eigenvalue weighted by molar-refractivity contribution is 0.0788. The Morgan fingerprint density at radius 3 is 1.79 bits per heavy atom. The molecule has 0 aliphatic carbocycles. The number of nitrogen functional groups attached to an aromatic ring is 1. The van der Waals surface area contributed by atoms with Crippen molar-refractivity contribution in [3.63, 3.8) is 0 Å². The van der Waals surface area contributed by atoms with E-state index in [9.17, 15) is 24.0 Å². The second-order valence-electron chi connectivity index (χ2n) is 8.54. The number of carbonyl (C=O) groups is 4. The van der Waals surface area contributed by atoms with Crippen molar-refractivity contribution in [2.24, 2.45) is 0 Å². The number of anilines is 1. The normalized spacial score (nSPS) is 17.5. The minimum Gasteiger partial charge on any atom is -0.384 e. The first kappa shape index (κ1) is 20.9. The summed E-state index contributed by atoms with van der Waals surface area (Å²) in [5, 5.41) is 2.13. The van der Waals surface area contributed by atoms with E-state index in [1.165, 1.54) is 12.1 Å². The molecule has 10 nitrogen and oxygen atoms in total. The van der Waals surface area contributed by atoms with Crippen LogP contribution < -0.4 is 16.6 Å². The number of imide groups is 1. The first-order valence-corrected chi connectivity index (χ1v) is 11.0. The van der Waals surface area contributed by atoms with Crippen LogP contribution in [0.25, 0.3) is 5.69 Å². The van der Waals surface area contributed by atoms with E-state index in [-0.39, 0.29) is 45.6 Å². The summed E-state index contributed by atoms with van der Waals surface area (Å²) in [6, 6.07) is 5.60. The third-order valence-electron chi connectivity index (χ3n) is 6.41. The average Bonchev–Trinajstić information content (AvgIpc) is 3.55. The molecule has 0 atom stereocenters. The number of rotatable bonds is 3. The van der Waals surface area contributed by atoms with Gasteiger partial charge in [0.2, 0.25) is 0 Å². The molecule has 0 spiro atoms. The van der Waals surface area contributed by atoms with Crippen molar-refractivity contribution in [1.29, 1.82) is 0 Å². The molecule has 4 amide bonds. The first-order valence-electron chi connectivity index (χ1n) is 11.0. The molecule has 0 radical (unpaired) electrons. The summed E-state index contributed by atoms with van der Waals surface area (Å²) in [5.74, 6) is -2.06. The van der Waals surface area contributed by atoms with Crippen molar-refractivity contribution >= 4 is 29.4 Å². The van der Waals surface area contributed by atoms with E-state index in [1.54, 1.807) is 15.9 Å². The predicted octanol–water partition coefficient (Wildman–Crippen LogP) is 0.775. The van der Waals surface area contributed by atoms with Crippen molar-refractivity contribution in [2.45, 2.75) is 25.7 Å². The lowest BCUT2D eigenvalue weighted by Gasteiger charge is -2.20. The van der Waals surface area contributed by atoms with Gasteiger partial charge in [0.25, 0.3) is 29.2 Å². The number of carbonyl (C=O) groups excluding carboxylic acids is 4. The molecule has 3 aliphatic heterocycles. The monoisotopic (exact) mass is 449 g/mol. The SMILES string of the molecule is Nc1c2c(cc(=O)n1-c1cc(C(=O)N3CCCC3)cc(C(=O)N3CCCC3)c1)C(=O)NC2=O. The second-order valence-corrected chi connectivity index (χ2v) is 8.54. The second kappa shape index (κ2) is 7.88. The average molecular weight is 449 g/mol. The number of nitrogens with two attached hydrogens (primary N) is 1. The minimum atomic E-state index is -0.695. The topological polar surface area (TPSA) is 135 Å². The minimum absolute atomic E-state index is 0.0867. The lowest BCUT2D eigenvalue weighted by atomic mass is 10.1. The van der Waals surface area contributed by atoms with E-state index in [0.717, 1.165) is 36.3 Å². The molecule has 4 heterocycles. The van der Waals surface area contributed by atoms with Crippen molar-refractivity contribution < 1.29 is 19.2 Å². The van der Waals surface area contributed by atoms with Gasteiger partial charge < -0.3 is 15.5 Å². The number of pyridine rings is 1. The van der Waals surface area contributed by atoms with Crippen molar-refractivity contribution in [1.82, 2.24) is 19.7 Å². The highest BCUT2D eigenvalue weighted by Gasteiger charge is 2.32. The van der Waals surface area contributed by atoms with E-state index < -0.39 is 17.4 Å². The van der Waals surface area contributed by atoms with Crippen molar-refractivity contribution in [3.05, 3.63) is 56.9 Å². The fourth-order valence-corrected chi connectivity index (χ4v) is 4.74. The molecule has 3 N–H and O–H groups in total. The van der Waals surface area contributed by atoms with Gasteiger partial charge in [0.15, 0.2) is 0 Å². The number of hydrogen-bond acceptors (Lipinski definition) is 6. The summed E-state index contributed by atoms with van der Waals surface area (Å²) in [4.78, 5) is 66.9.